The van der Waals surface area contributed by atoms with Crippen LogP contribution in [0.4, 0.5) is 0 Å². The van der Waals surface area contributed by atoms with Crippen molar-refractivity contribution in [2.75, 3.05) is 7.11 Å². The number of carbonyl (C=O) groups excluding carboxylic acids is 1. The highest BCUT2D eigenvalue weighted by Gasteiger charge is 2.14. The molecule has 0 aromatic heterocycles. The lowest BCUT2D eigenvalue weighted by atomic mass is 10.0. The van der Waals surface area contributed by atoms with Crippen LogP contribution in [-0.4, -0.2) is 19.1 Å². The van der Waals surface area contributed by atoms with Crippen molar-refractivity contribution < 1.29 is 9.53 Å². The van der Waals surface area contributed by atoms with Gasteiger partial charge in [0, 0.05) is 12.6 Å². The van der Waals surface area contributed by atoms with Crippen LogP contribution in [0.15, 0.2) is 54.6 Å². The summed E-state index contributed by atoms with van der Waals surface area (Å²) in [7, 11) is 1.43. The number of aryl methyl sites for hydroxylation is 1. The first-order valence-electron chi connectivity index (χ1n) is 7.57. The van der Waals surface area contributed by atoms with Crippen LogP contribution in [0.2, 0.25) is 0 Å². The van der Waals surface area contributed by atoms with Gasteiger partial charge >= 0.3 is 5.97 Å². The molecule has 2 aromatic carbocycles. The highest BCUT2D eigenvalue weighted by atomic mass is 16.5. The first kappa shape index (κ1) is 16.2. The Hall–Kier alpha value is -2.13. The Morgan fingerprint density at radius 1 is 1.05 bits per heavy atom. The van der Waals surface area contributed by atoms with Crippen LogP contribution < -0.4 is 5.32 Å². The van der Waals surface area contributed by atoms with E-state index in [1.807, 2.05) is 18.2 Å². The smallest absolute Gasteiger partial charge is 0.307 e. The molecule has 0 radical (unpaired) electrons. The number of nitrogens with one attached hydrogen (secondary N) is 1. The maximum atomic E-state index is 11.6. The summed E-state index contributed by atoms with van der Waals surface area (Å²) in [5.41, 5.74) is 3.68. The fourth-order valence-corrected chi connectivity index (χ4v) is 2.37. The van der Waals surface area contributed by atoms with E-state index < -0.39 is 0 Å². The van der Waals surface area contributed by atoms with Gasteiger partial charge in [-0.15, -0.1) is 0 Å². The minimum Gasteiger partial charge on any atom is -0.469 e. The van der Waals surface area contributed by atoms with Gasteiger partial charge in [-0.05, 0) is 24.5 Å². The predicted molar refractivity (Wildman–Crippen MR) is 88.6 cm³/mol. The van der Waals surface area contributed by atoms with Crippen molar-refractivity contribution >= 4 is 5.97 Å². The van der Waals surface area contributed by atoms with E-state index in [0.29, 0.717) is 6.42 Å². The van der Waals surface area contributed by atoms with Gasteiger partial charge in [-0.25, -0.2) is 0 Å². The van der Waals surface area contributed by atoms with Gasteiger partial charge in [-0.3, -0.25) is 4.79 Å². The Morgan fingerprint density at radius 2 is 1.73 bits per heavy atom. The van der Waals surface area contributed by atoms with E-state index in [2.05, 4.69) is 48.6 Å². The SMILES string of the molecule is COC(=O)CC(Cc1ccccc1)NCc1ccc(C)cc1. The number of rotatable bonds is 7. The van der Waals surface area contributed by atoms with Gasteiger partial charge in [0.15, 0.2) is 0 Å². The topological polar surface area (TPSA) is 38.3 Å². The summed E-state index contributed by atoms with van der Waals surface area (Å²) in [6.07, 6.45) is 1.18. The third-order valence-electron chi connectivity index (χ3n) is 3.68. The fourth-order valence-electron chi connectivity index (χ4n) is 2.37. The Balaban J connectivity index is 1.97. The molecule has 1 unspecified atom stereocenters. The van der Waals surface area contributed by atoms with Crippen LogP contribution in [0, 0.1) is 6.92 Å². The lowest BCUT2D eigenvalue weighted by Crippen LogP contribution is -2.33. The van der Waals surface area contributed by atoms with Crippen molar-refractivity contribution in [2.45, 2.75) is 32.4 Å². The Labute approximate surface area is 132 Å². The monoisotopic (exact) mass is 297 g/mol. The number of carbonyl (C=O) groups is 1. The normalized spacial score (nSPS) is 11.9. The summed E-state index contributed by atoms with van der Waals surface area (Å²) >= 11 is 0. The molecule has 3 nitrogen and oxygen atoms in total. The van der Waals surface area contributed by atoms with E-state index >= 15 is 0 Å². The molecule has 22 heavy (non-hydrogen) atoms. The van der Waals surface area contributed by atoms with E-state index in [1.54, 1.807) is 0 Å². The van der Waals surface area contributed by atoms with E-state index in [-0.39, 0.29) is 12.0 Å². The number of hydrogen-bond acceptors (Lipinski definition) is 3. The highest BCUT2D eigenvalue weighted by Crippen LogP contribution is 2.09. The molecular formula is C19H23NO2. The zero-order chi connectivity index (χ0) is 15.8. The van der Waals surface area contributed by atoms with Gasteiger partial charge in [0.2, 0.25) is 0 Å². The maximum absolute atomic E-state index is 11.6. The molecule has 0 aliphatic heterocycles. The minimum atomic E-state index is -0.183. The van der Waals surface area contributed by atoms with Crippen LogP contribution in [-0.2, 0) is 22.5 Å². The number of benzene rings is 2. The molecule has 0 spiro atoms. The van der Waals surface area contributed by atoms with Crippen LogP contribution in [0.25, 0.3) is 0 Å². The lowest BCUT2D eigenvalue weighted by molar-refractivity contribution is -0.141. The second kappa shape index (κ2) is 8.35. The molecule has 0 amide bonds. The van der Waals surface area contributed by atoms with Crippen LogP contribution in [0.3, 0.4) is 0 Å². The molecule has 116 valence electrons. The molecule has 1 N–H and O–H groups in total. The summed E-state index contributed by atoms with van der Waals surface area (Å²) in [4.78, 5) is 11.6. The minimum absolute atomic E-state index is 0.0659. The van der Waals surface area contributed by atoms with Crippen molar-refractivity contribution in [3.05, 3.63) is 71.3 Å². The van der Waals surface area contributed by atoms with Crippen LogP contribution in [0.5, 0.6) is 0 Å². The quantitative estimate of drug-likeness (QED) is 0.797. The fraction of sp³-hybridized carbons (Fsp3) is 0.316. The molecule has 0 saturated carbocycles. The van der Waals surface area contributed by atoms with Gasteiger partial charge in [-0.2, -0.15) is 0 Å². The predicted octanol–water partition coefficient (Wildman–Crippen LogP) is 3.26. The van der Waals surface area contributed by atoms with Crippen molar-refractivity contribution in [3.8, 4) is 0 Å². The largest absolute Gasteiger partial charge is 0.469 e. The lowest BCUT2D eigenvalue weighted by Gasteiger charge is -2.18. The first-order chi connectivity index (χ1) is 10.7. The molecule has 0 bridgehead atoms. The van der Waals surface area contributed by atoms with Gasteiger partial charge in [0.05, 0.1) is 13.5 Å². The molecule has 2 aromatic rings. The first-order valence-corrected chi connectivity index (χ1v) is 7.57. The summed E-state index contributed by atoms with van der Waals surface area (Å²) in [6.45, 7) is 2.82. The van der Waals surface area contributed by atoms with Gasteiger partial charge < -0.3 is 10.1 Å². The molecular weight excluding hydrogens is 274 g/mol. The molecule has 0 saturated heterocycles. The number of hydrogen-bond donors (Lipinski definition) is 1. The molecule has 0 heterocycles. The second-order valence-electron chi connectivity index (χ2n) is 5.53. The molecule has 2 rings (SSSR count). The van der Waals surface area contributed by atoms with Crippen molar-refractivity contribution in [2.24, 2.45) is 0 Å². The summed E-state index contributed by atoms with van der Waals surface area (Å²) in [5.74, 6) is -0.183. The van der Waals surface area contributed by atoms with Crippen LogP contribution in [0.1, 0.15) is 23.1 Å². The summed E-state index contributed by atoms with van der Waals surface area (Å²) < 4.78 is 4.81. The van der Waals surface area contributed by atoms with Crippen molar-refractivity contribution in [3.63, 3.8) is 0 Å². The zero-order valence-corrected chi connectivity index (χ0v) is 13.2. The van der Waals surface area contributed by atoms with E-state index in [9.17, 15) is 4.79 Å². The van der Waals surface area contributed by atoms with E-state index in [0.717, 1.165) is 13.0 Å². The molecule has 0 aliphatic rings. The highest BCUT2D eigenvalue weighted by molar-refractivity contribution is 5.70. The van der Waals surface area contributed by atoms with E-state index in [1.165, 1.54) is 23.8 Å². The van der Waals surface area contributed by atoms with Gasteiger partial charge in [-0.1, -0.05) is 60.2 Å². The average Bonchev–Trinajstić information content (AvgIpc) is 2.55. The second-order valence-corrected chi connectivity index (χ2v) is 5.53. The van der Waals surface area contributed by atoms with Crippen LogP contribution >= 0.6 is 0 Å². The Kier molecular flexibility index (Phi) is 6.16. The number of methoxy groups -OCH3 is 1. The summed E-state index contributed by atoms with van der Waals surface area (Å²) in [5, 5.41) is 3.47. The third-order valence-corrected chi connectivity index (χ3v) is 3.68. The van der Waals surface area contributed by atoms with Crippen molar-refractivity contribution in [1.29, 1.82) is 0 Å². The zero-order valence-electron chi connectivity index (χ0n) is 13.2. The molecule has 3 heteroatoms. The maximum Gasteiger partial charge on any atom is 0.307 e. The van der Waals surface area contributed by atoms with Gasteiger partial charge in [0.1, 0.15) is 0 Å². The molecule has 0 aliphatic carbocycles. The molecule has 1 atom stereocenters. The average molecular weight is 297 g/mol. The standard InChI is InChI=1S/C19H23NO2/c1-15-8-10-17(11-9-15)14-20-18(13-19(21)22-2)12-16-6-4-3-5-7-16/h3-11,18,20H,12-14H2,1-2H3. The number of esters is 1. The Bertz CT molecular complexity index is 578. The van der Waals surface area contributed by atoms with Crippen molar-refractivity contribution in [1.82, 2.24) is 5.32 Å². The summed E-state index contributed by atoms with van der Waals surface area (Å²) in [6, 6.07) is 18.7. The van der Waals surface area contributed by atoms with Gasteiger partial charge in [0.25, 0.3) is 0 Å². The third kappa shape index (κ3) is 5.34. The molecule has 0 fully saturated rings. The number of ether oxygens (including phenoxy) is 1. The Morgan fingerprint density at radius 3 is 2.36 bits per heavy atom. The van der Waals surface area contributed by atoms with E-state index in [4.69, 9.17) is 4.74 Å².